The van der Waals surface area contributed by atoms with Crippen molar-refractivity contribution >= 4 is 5.91 Å². The molecule has 0 bridgehead atoms. The quantitative estimate of drug-likeness (QED) is 0.586. The first-order valence-electron chi connectivity index (χ1n) is 9.17. The van der Waals surface area contributed by atoms with Crippen LogP contribution in [0.4, 0.5) is 0 Å². The topological polar surface area (TPSA) is 46.9 Å². The molecule has 0 radical (unpaired) electrons. The minimum absolute atomic E-state index is 0.0350. The number of amides is 1. The molecule has 2 aromatic rings. The van der Waals surface area contributed by atoms with Crippen molar-refractivity contribution in [3.8, 4) is 0 Å². The Kier molecular flexibility index (Phi) is 8.69. The van der Waals surface area contributed by atoms with Gasteiger partial charge in [0.15, 0.2) is 0 Å². The molecule has 0 saturated carbocycles. The molecule has 1 aromatic heterocycles. The van der Waals surface area contributed by atoms with Crippen molar-refractivity contribution in [2.24, 2.45) is 0 Å². The van der Waals surface area contributed by atoms with E-state index in [0.29, 0.717) is 0 Å². The standard InChI is InChI=1S/C20H29N3O/c24-20(19-13-8-7-9-14-19)21-15-10-5-3-1-2-4-6-11-17-23-18-12-16-22-23/h7-9,12-14,16,18H,1-6,10-11,15,17H2,(H,21,24). The van der Waals surface area contributed by atoms with Gasteiger partial charge >= 0.3 is 0 Å². The number of benzene rings is 1. The Bertz CT molecular complexity index is 552. The summed E-state index contributed by atoms with van der Waals surface area (Å²) >= 11 is 0. The van der Waals surface area contributed by atoms with E-state index in [9.17, 15) is 4.79 Å². The predicted octanol–water partition coefficient (Wildman–Crippen LogP) is 4.43. The molecular formula is C20H29N3O. The summed E-state index contributed by atoms with van der Waals surface area (Å²) in [6.07, 6.45) is 13.8. The number of unbranched alkanes of at least 4 members (excludes halogenated alkanes) is 7. The maximum absolute atomic E-state index is 11.8. The summed E-state index contributed by atoms with van der Waals surface area (Å²) < 4.78 is 2.00. The van der Waals surface area contributed by atoms with Gasteiger partial charge in [0.1, 0.15) is 0 Å². The molecule has 130 valence electrons. The largest absolute Gasteiger partial charge is 0.352 e. The van der Waals surface area contributed by atoms with Crippen LogP contribution in [-0.4, -0.2) is 22.2 Å². The smallest absolute Gasteiger partial charge is 0.251 e. The first kappa shape index (κ1) is 18.2. The van der Waals surface area contributed by atoms with Crippen molar-refractivity contribution in [1.29, 1.82) is 0 Å². The molecule has 0 unspecified atom stereocenters. The third kappa shape index (κ3) is 7.44. The molecule has 0 saturated heterocycles. The maximum atomic E-state index is 11.8. The van der Waals surface area contributed by atoms with Gasteiger partial charge in [0.05, 0.1) is 0 Å². The fourth-order valence-electron chi connectivity index (χ4n) is 2.79. The lowest BCUT2D eigenvalue weighted by molar-refractivity contribution is 0.0953. The van der Waals surface area contributed by atoms with Gasteiger partial charge in [0, 0.05) is 31.0 Å². The number of carbonyl (C=O) groups excluding carboxylic acids is 1. The molecule has 1 N–H and O–H groups in total. The zero-order valence-electron chi connectivity index (χ0n) is 14.5. The number of hydrogen-bond acceptors (Lipinski definition) is 2. The Morgan fingerprint density at radius 1 is 0.875 bits per heavy atom. The Morgan fingerprint density at radius 3 is 2.21 bits per heavy atom. The number of rotatable bonds is 12. The number of aromatic nitrogens is 2. The lowest BCUT2D eigenvalue weighted by Crippen LogP contribution is -2.24. The van der Waals surface area contributed by atoms with E-state index in [1.807, 2.05) is 53.5 Å². The van der Waals surface area contributed by atoms with Gasteiger partial charge in [-0.15, -0.1) is 0 Å². The molecule has 0 fully saturated rings. The summed E-state index contributed by atoms with van der Waals surface area (Å²) in [5.74, 6) is 0.0350. The highest BCUT2D eigenvalue weighted by Crippen LogP contribution is 2.09. The summed E-state index contributed by atoms with van der Waals surface area (Å²) in [5, 5.41) is 7.19. The van der Waals surface area contributed by atoms with Crippen molar-refractivity contribution < 1.29 is 4.79 Å². The van der Waals surface area contributed by atoms with E-state index < -0.39 is 0 Å². The molecule has 0 aliphatic heterocycles. The SMILES string of the molecule is O=C(NCCCCCCCCCCn1cccn1)c1ccccc1. The van der Waals surface area contributed by atoms with Gasteiger partial charge in [-0.1, -0.05) is 56.7 Å². The summed E-state index contributed by atoms with van der Waals surface area (Å²) in [5.41, 5.74) is 0.743. The lowest BCUT2D eigenvalue weighted by atomic mass is 10.1. The molecular weight excluding hydrogens is 298 g/mol. The Labute approximate surface area is 145 Å². The Morgan fingerprint density at radius 2 is 1.54 bits per heavy atom. The second-order valence-electron chi connectivity index (χ2n) is 6.22. The summed E-state index contributed by atoms with van der Waals surface area (Å²) in [7, 11) is 0. The molecule has 0 aliphatic rings. The van der Waals surface area contributed by atoms with Crippen molar-refractivity contribution in [3.05, 3.63) is 54.4 Å². The molecule has 1 amide bonds. The van der Waals surface area contributed by atoms with Gasteiger partial charge in [0.25, 0.3) is 5.91 Å². The lowest BCUT2D eigenvalue weighted by Gasteiger charge is -2.05. The van der Waals surface area contributed by atoms with E-state index in [4.69, 9.17) is 0 Å². The normalized spacial score (nSPS) is 10.7. The van der Waals surface area contributed by atoms with Crippen molar-refractivity contribution in [2.75, 3.05) is 6.54 Å². The first-order valence-corrected chi connectivity index (χ1v) is 9.17. The highest BCUT2D eigenvalue weighted by Gasteiger charge is 2.02. The van der Waals surface area contributed by atoms with Crippen LogP contribution in [0, 0.1) is 0 Å². The molecule has 4 heteroatoms. The molecule has 0 spiro atoms. The van der Waals surface area contributed by atoms with Gasteiger partial charge in [-0.05, 0) is 31.0 Å². The average molecular weight is 327 g/mol. The zero-order chi connectivity index (χ0) is 16.9. The van der Waals surface area contributed by atoms with E-state index in [2.05, 4.69) is 10.4 Å². The van der Waals surface area contributed by atoms with Crippen LogP contribution >= 0.6 is 0 Å². The molecule has 0 atom stereocenters. The van der Waals surface area contributed by atoms with Gasteiger partial charge < -0.3 is 5.32 Å². The number of nitrogens with one attached hydrogen (secondary N) is 1. The van der Waals surface area contributed by atoms with Crippen LogP contribution in [0.1, 0.15) is 61.7 Å². The van der Waals surface area contributed by atoms with Gasteiger partial charge in [0.2, 0.25) is 0 Å². The van der Waals surface area contributed by atoms with Crippen LogP contribution in [0.2, 0.25) is 0 Å². The number of aryl methyl sites for hydroxylation is 1. The van der Waals surface area contributed by atoms with Crippen LogP contribution in [0.15, 0.2) is 48.8 Å². The molecule has 2 rings (SSSR count). The number of carbonyl (C=O) groups is 1. The fourth-order valence-corrected chi connectivity index (χ4v) is 2.79. The first-order chi connectivity index (χ1) is 11.9. The predicted molar refractivity (Wildman–Crippen MR) is 97.9 cm³/mol. The van der Waals surface area contributed by atoms with Crippen LogP contribution in [0.5, 0.6) is 0 Å². The summed E-state index contributed by atoms with van der Waals surface area (Å²) in [4.78, 5) is 11.8. The highest BCUT2D eigenvalue weighted by atomic mass is 16.1. The maximum Gasteiger partial charge on any atom is 0.251 e. The summed E-state index contributed by atoms with van der Waals surface area (Å²) in [6, 6.07) is 11.4. The van der Waals surface area contributed by atoms with E-state index in [0.717, 1.165) is 25.1 Å². The Hall–Kier alpha value is -2.10. The number of hydrogen-bond donors (Lipinski definition) is 1. The monoisotopic (exact) mass is 327 g/mol. The van der Waals surface area contributed by atoms with E-state index in [-0.39, 0.29) is 5.91 Å². The Balaban J connectivity index is 1.36. The van der Waals surface area contributed by atoms with Gasteiger partial charge in [-0.2, -0.15) is 5.10 Å². The minimum Gasteiger partial charge on any atom is -0.352 e. The minimum atomic E-state index is 0.0350. The van der Waals surface area contributed by atoms with Gasteiger partial charge in [-0.25, -0.2) is 0 Å². The molecule has 0 aliphatic carbocycles. The van der Waals surface area contributed by atoms with Crippen molar-refractivity contribution in [1.82, 2.24) is 15.1 Å². The number of nitrogens with zero attached hydrogens (tertiary/aromatic N) is 2. The molecule has 24 heavy (non-hydrogen) atoms. The van der Waals surface area contributed by atoms with Gasteiger partial charge in [-0.3, -0.25) is 9.48 Å². The van der Waals surface area contributed by atoms with E-state index in [1.54, 1.807) is 0 Å². The summed E-state index contributed by atoms with van der Waals surface area (Å²) in [6.45, 7) is 1.81. The third-order valence-electron chi connectivity index (χ3n) is 4.19. The van der Waals surface area contributed by atoms with Crippen LogP contribution in [0.3, 0.4) is 0 Å². The van der Waals surface area contributed by atoms with Crippen LogP contribution in [0.25, 0.3) is 0 Å². The highest BCUT2D eigenvalue weighted by molar-refractivity contribution is 5.94. The molecule has 4 nitrogen and oxygen atoms in total. The molecule has 1 aromatic carbocycles. The van der Waals surface area contributed by atoms with E-state index >= 15 is 0 Å². The van der Waals surface area contributed by atoms with Crippen LogP contribution < -0.4 is 5.32 Å². The second kappa shape index (κ2) is 11.4. The third-order valence-corrected chi connectivity index (χ3v) is 4.19. The van der Waals surface area contributed by atoms with Crippen LogP contribution in [-0.2, 0) is 6.54 Å². The molecule has 1 heterocycles. The zero-order valence-corrected chi connectivity index (χ0v) is 14.5. The fraction of sp³-hybridized carbons (Fsp3) is 0.500. The van der Waals surface area contributed by atoms with E-state index in [1.165, 1.54) is 44.9 Å². The second-order valence-corrected chi connectivity index (χ2v) is 6.22. The van der Waals surface area contributed by atoms with Crippen molar-refractivity contribution in [2.45, 2.75) is 57.9 Å². The average Bonchev–Trinajstić information content (AvgIpc) is 3.13. The van der Waals surface area contributed by atoms with Crippen molar-refractivity contribution in [3.63, 3.8) is 0 Å².